The van der Waals surface area contributed by atoms with Gasteiger partial charge in [0.1, 0.15) is 0 Å². The minimum atomic E-state index is 0.868. The van der Waals surface area contributed by atoms with Crippen LogP contribution in [0, 0.1) is 6.92 Å². The van der Waals surface area contributed by atoms with E-state index in [0.29, 0.717) is 0 Å². The molecule has 1 aromatic carbocycles. The minimum Gasteiger partial charge on any atom is -0.313 e. The zero-order valence-electron chi connectivity index (χ0n) is 11.7. The molecule has 1 fully saturated rings. The monoisotopic (exact) mass is 263 g/mol. The standard InChI is InChI=1S/C16H25NS/c1-3-10-17-12-14-8-9-16(13(2)11-14)18-15-6-4-5-7-15/h8-9,11,15,17H,3-7,10,12H2,1-2H3. The van der Waals surface area contributed by atoms with Gasteiger partial charge >= 0.3 is 0 Å². The number of thioether (sulfide) groups is 1. The highest BCUT2D eigenvalue weighted by atomic mass is 32.2. The van der Waals surface area contributed by atoms with Crippen LogP contribution in [0.2, 0.25) is 0 Å². The van der Waals surface area contributed by atoms with Crippen molar-refractivity contribution in [2.24, 2.45) is 0 Å². The van der Waals surface area contributed by atoms with Crippen LogP contribution < -0.4 is 5.32 Å². The smallest absolute Gasteiger partial charge is 0.0205 e. The second-order valence-electron chi connectivity index (χ2n) is 5.30. The Kier molecular flexibility index (Phi) is 5.58. The van der Waals surface area contributed by atoms with E-state index in [1.165, 1.54) is 48.1 Å². The van der Waals surface area contributed by atoms with Crippen molar-refractivity contribution in [3.63, 3.8) is 0 Å². The first-order chi connectivity index (χ1) is 8.79. The van der Waals surface area contributed by atoms with E-state index in [1.807, 2.05) is 0 Å². The third-order valence-electron chi connectivity index (χ3n) is 3.59. The Morgan fingerprint density at radius 3 is 2.72 bits per heavy atom. The van der Waals surface area contributed by atoms with Crippen LogP contribution in [-0.4, -0.2) is 11.8 Å². The lowest BCUT2D eigenvalue weighted by atomic mass is 10.1. The van der Waals surface area contributed by atoms with Gasteiger partial charge in [-0.2, -0.15) is 0 Å². The quantitative estimate of drug-likeness (QED) is 0.757. The summed E-state index contributed by atoms with van der Waals surface area (Å²) in [6, 6.07) is 6.95. The van der Waals surface area contributed by atoms with Gasteiger partial charge in [-0.05, 0) is 49.9 Å². The summed E-state index contributed by atoms with van der Waals surface area (Å²) in [6.07, 6.45) is 6.87. The van der Waals surface area contributed by atoms with Crippen molar-refractivity contribution in [1.82, 2.24) is 5.32 Å². The topological polar surface area (TPSA) is 12.0 Å². The maximum atomic E-state index is 3.46. The van der Waals surface area contributed by atoms with E-state index in [4.69, 9.17) is 0 Å². The van der Waals surface area contributed by atoms with E-state index in [2.05, 4.69) is 49.1 Å². The highest BCUT2D eigenvalue weighted by Crippen LogP contribution is 2.36. The molecule has 1 aliphatic carbocycles. The van der Waals surface area contributed by atoms with Crippen LogP contribution in [0.5, 0.6) is 0 Å². The summed E-state index contributed by atoms with van der Waals surface area (Å²) in [7, 11) is 0. The van der Waals surface area contributed by atoms with E-state index < -0.39 is 0 Å². The first-order valence-electron chi connectivity index (χ1n) is 7.26. The van der Waals surface area contributed by atoms with Crippen LogP contribution >= 0.6 is 11.8 Å². The Hall–Kier alpha value is -0.470. The number of benzene rings is 1. The number of rotatable bonds is 6. The van der Waals surface area contributed by atoms with E-state index in [-0.39, 0.29) is 0 Å². The van der Waals surface area contributed by atoms with Gasteiger partial charge < -0.3 is 5.32 Å². The summed E-state index contributed by atoms with van der Waals surface area (Å²) < 4.78 is 0. The fraction of sp³-hybridized carbons (Fsp3) is 0.625. The molecule has 1 N–H and O–H groups in total. The van der Waals surface area contributed by atoms with Crippen molar-refractivity contribution in [3.8, 4) is 0 Å². The molecule has 0 amide bonds. The van der Waals surface area contributed by atoms with Gasteiger partial charge in [-0.3, -0.25) is 0 Å². The average molecular weight is 263 g/mol. The molecule has 0 atom stereocenters. The Morgan fingerprint density at radius 1 is 1.28 bits per heavy atom. The van der Waals surface area contributed by atoms with Crippen molar-refractivity contribution in [2.75, 3.05) is 6.54 Å². The second kappa shape index (κ2) is 7.20. The lowest BCUT2D eigenvalue weighted by Gasteiger charge is -2.12. The van der Waals surface area contributed by atoms with Gasteiger partial charge in [0.15, 0.2) is 0 Å². The SMILES string of the molecule is CCCNCc1ccc(SC2CCCC2)c(C)c1. The fourth-order valence-electron chi connectivity index (χ4n) is 2.55. The van der Waals surface area contributed by atoms with Crippen LogP contribution in [0.3, 0.4) is 0 Å². The van der Waals surface area contributed by atoms with Gasteiger partial charge in [-0.1, -0.05) is 31.9 Å². The lowest BCUT2D eigenvalue weighted by Crippen LogP contribution is -2.13. The van der Waals surface area contributed by atoms with Crippen molar-refractivity contribution in [1.29, 1.82) is 0 Å². The molecule has 0 saturated heterocycles. The summed E-state index contributed by atoms with van der Waals surface area (Å²) in [5.41, 5.74) is 2.86. The van der Waals surface area contributed by atoms with E-state index in [0.717, 1.165) is 18.3 Å². The van der Waals surface area contributed by atoms with Gasteiger partial charge in [0.05, 0.1) is 0 Å². The molecule has 1 aliphatic rings. The van der Waals surface area contributed by atoms with Gasteiger partial charge in [0.25, 0.3) is 0 Å². The maximum absolute atomic E-state index is 3.46. The Bertz CT molecular complexity index is 369. The highest BCUT2D eigenvalue weighted by molar-refractivity contribution is 8.00. The molecule has 18 heavy (non-hydrogen) atoms. The van der Waals surface area contributed by atoms with Crippen LogP contribution in [0.1, 0.15) is 50.2 Å². The molecule has 100 valence electrons. The normalized spacial score (nSPS) is 16.3. The zero-order valence-corrected chi connectivity index (χ0v) is 12.5. The third-order valence-corrected chi connectivity index (χ3v) is 5.11. The predicted molar refractivity (Wildman–Crippen MR) is 81.3 cm³/mol. The minimum absolute atomic E-state index is 0.868. The van der Waals surface area contributed by atoms with Crippen molar-refractivity contribution in [2.45, 2.75) is 62.6 Å². The molecule has 1 aromatic rings. The summed E-state index contributed by atoms with van der Waals surface area (Å²) >= 11 is 2.09. The number of aryl methyl sites for hydroxylation is 1. The molecule has 0 spiro atoms. The van der Waals surface area contributed by atoms with Gasteiger partial charge in [0.2, 0.25) is 0 Å². The Balaban J connectivity index is 1.91. The van der Waals surface area contributed by atoms with E-state index >= 15 is 0 Å². The Morgan fingerprint density at radius 2 is 2.06 bits per heavy atom. The Labute approximate surface area is 116 Å². The molecule has 0 aliphatic heterocycles. The third kappa shape index (κ3) is 4.03. The molecule has 0 radical (unpaired) electrons. The van der Waals surface area contributed by atoms with E-state index in [9.17, 15) is 0 Å². The summed E-state index contributed by atoms with van der Waals surface area (Å²) in [5, 5.41) is 4.33. The summed E-state index contributed by atoms with van der Waals surface area (Å²) in [5.74, 6) is 0. The van der Waals surface area contributed by atoms with Crippen LogP contribution in [0.4, 0.5) is 0 Å². The highest BCUT2D eigenvalue weighted by Gasteiger charge is 2.16. The van der Waals surface area contributed by atoms with Gasteiger partial charge in [-0.25, -0.2) is 0 Å². The molecule has 1 nitrogen and oxygen atoms in total. The number of hydrogen-bond donors (Lipinski definition) is 1. The van der Waals surface area contributed by atoms with Crippen LogP contribution in [0.15, 0.2) is 23.1 Å². The molecule has 0 aromatic heterocycles. The molecule has 2 heteroatoms. The van der Waals surface area contributed by atoms with E-state index in [1.54, 1.807) is 0 Å². The summed E-state index contributed by atoms with van der Waals surface area (Å²) in [4.78, 5) is 1.49. The summed E-state index contributed by atoms with van der Waals surface area (Å²) in [6.45, 7) is 6.57. The molecular formula is C16H25NS. The van der Waals surface area contributed by atoms with Crippen molar-refractivity contribution >= 4 is 11.8 Å². The van der Waals surface area contributed by atoms with Crippen molar-refractivity contribution < 1.29 is 0 Å². The second-order valence-corrected chi connectivity index (χ2v) is 6.64. The first kappa shape index (κ1) is 14.0. The van der Waals surface area contributed by atoms with Gasteiger partial charge in [0, 0.05) is 16.7 Å². The lowest BCUT2D eigenvalue weighted by molar-refractivity contribution is 0.675. The first-order valence-corrected chi connectivity index (χ1v) is 8.14. The average Bonchev–Trinajstić information content (AvgIpc) is 2.86. The molecular weight excluding hydrogens is 238 g/mol. The predicted octanol–water partition coefficient (Wildman–Crippen LogP) is 4.53. The molecule has 2 rings (SSSR count). The zero-order chi connectivity index (χ0) is 12.8. The maximum Gasteiger partial charge on any atom is 0.0205 e. The molecule has 0 heterocycles. The van der Waals surface area contributed by atoms with Gasteiger partial charge in [-0.15, -0.1) is 11.8 Å². The van der Waals surface area contributed by atoms with Crippen molar-refractivity contribution in [3.05, 3.63) is 29.3 Å². The number of hydrogen-bond acceptors (Lipinski definition) is 2. The largest absolute Gasteiger partial charge is 0.313 e. The van der Waals surface area contributed by atoms with Crippen LogP contribution in [0.25, 0.3) is 0 Å². The van der Waals surface area contributed by atoms with Crippen LogP contribution in [-0.2, 0) is 6.54 Å². The molecule has 1 saturated carbocycles. The number of nitrogens with one attached hydrogen (secondary N) is 1. The fourth-order valence-corrected chi connectivity index (χ4v) is 3.87. The molecule has 0 unspecified atom stereocenters. The molecule has 0 bridgehead atoms.